The molecular weight excluding hydrogens is 298 g/mol. The van der Waals surface area contributed by atoms with E-state index in [-0.39, 0.29) is 5.91 Å². The lowest BCUT2D eigenvalue weighted by Crippen LogP contribution is -2.36. The average Bonchev–Trinajstić information content (AvgIpc) is 2.62. The van der Waals surface area contributed by atoms with E-state index < -0.39 is 0 Å². The summed E-state index contributed by atoms with van der Waals surface area (Å²) in [6.45, 7) is 0.730. The van der Waals surface area contributed by atoms with Gasteiger partial charge in [0.15, 0.2) is 0 Å². The first-order chi connectivity index (χ1) is 11.7. The minimum absolute atomic E-state index is 0.0342. The summed E-state index contributed by atoms with van der Waals surface area (Å²) in [5.41, 5.74) is 9.35. The highest BCUT2D eigenvalue weighted by Crippen LogP contribution is 2.18. The van der Waals surface area contributed by atoms with E-state index in [2.05, 4.69) is 10.6 Å². The zero-order valence-electron chi connectivity index (χ0n) is 13.9. The Morgan fingerprint density at radius 2 is 1.62 bits per heavy atom. The van der Waals surface area contributed by atoms with Crippen molar-refractivity contribution in [2.45, 2.75) is 44.7 Å². The van der Waals surface area contributed by atoms with Gasteiger partial charge in [0.05, 0.1) is 0 Å². The van der Waals surface area contributed by atoms with Crippen LogP contribution in [0.2, 0.25) is 0 Å². The van der Waals surface area contributed by atoms with Crippen molar-refractivity contribution in [2.24, 2.45) is 0 Å². The second-order valence-electron chi connectivity index (χ2n) is 6.48. The van der Waals surface area contributed by atoms with Gasteiger partial charge in [-0.05, 0) is 54.8 Å². The zero-order chi connectivity index (χ0) is 16.8. The number of rotatable bonds is 5. The molecule has 4 N–H and O–H groups in total. The number of benzene rings is 2. The Morgan fingerprint density at radius 3 is 2.29 bits per heavy atom. The van der Waals surface area contributed by atoms with E-state index in [9.17, 15) is 4.79 Å². The van der Waals surface area contributed by atoms with Crippen LogP contribution < -0.4 is 16.4 Å². The van der Waals surface area contributed by atoms with E-state index in [1.54, 1.807) is 0 Å². The number of anilines is 2. The minimum Gasteiger partial charge on any atom is -0.399 e. The summed E-state index contributed by atoms with van der Waals surface area (Å²) in [5.74, 6) is 0.0342. The van der Waals surface area contributed by atoms with E-state index in [1.165, 1.54) is 24.8 Å². The Morgan fingerprint density at radius 1 is 0.958 bits per heavy atom. The molecule has 126 valence electrons. The number of nitrogen functional groups attached to an aromatic ring is 1. The Balaban J connectivity index is 1.52. The van der Waals surface area contributed by atoms with Crippen molar-refractivity contribution < 1.29 is 4.79 Å². The number of carbonyl (C=O) groups is 1. The zero-order valence-corrected chi connectivity index (χ0v) is 13.9. The maximum Gasteiger partial charge on any atom is 0.251 e. The van der Waals surface area contributed by atoms with Gasteiger partial charge in [-0.1, -0.05) is 31.4 Å². The largest absolute Gasteiger partial charge is 0.399 e. The first-order valence-electron chi connectivity index (χ1n) is 8.70. The molecule has 1 amide bonds. The van der Waals surface area contributed by atoms with Crippen molar-refractivity contribution >= 4 is 17.3 Å². The lowest BCUT2D eigenvalue weighted by molar-refractivity contribution is 0.0928. The van der Waals surface area contributed by atoms with Gasteiger partial charge in [0.1, 0.15) is 0 Å². The molecule has 0 bridgehead atoms. The summed E-state index contributed by atoms with van der Waals surface area (Å²) in [4.78, 5) is 12.3. The van der Waals surface area contributed by atoms with Crippen LogP contribution in [0.3, 0.4) is 0 Å². The van der Waals surface area contributed by atoms with Crippen molar-refractivity contribution in [3.63, 3.8) is 0 Å². The van der Waals surface area contributed by atoms with E-state index in [0.717, 1.165) is 36.3 Å². The van der Waals surface area contributed by atoms with Gasteiger partial charge in [-0.2, -0.15) is 0 Å². The Hall–Kier alpha value is -2.49. The second-order valence-corrected chi connectivity index (χ2v) is 6.48. The highest BCUT2D eigenvalue weighted by molar-refractivity contribution is 5.94. The number of carbonyl (C=O) groups excluding carboxylic acids is 1. The van der Waals surface area contributed by atoms with Gasteiger partial charge in [0, 0.05) is 29.5 Å². The van der Waals surface area contributed by atoms with Crippen LogP contribution in [0.1, 0.15) is 48.0 Å². The Kier molecular flexibility index (Phi) is 5.36. The molecule has 3 rings (SSSR count). The molecule has 1 aliphatic carbocycles. The first kappa shape index (κ1) is 16.4. The standard InChI is InChI=1S/C20H25N3O/c21-17-10-6-15(7-11-17)14-22-18-12-8-16(9-13-18)20(24)23-19-4-2-1-3-5-19/h6-13,19,22H,1-5,14,21H2,(H,23,24). The molecule has 0 heterocycles. The van der Waals surface area contributed by atoms with Gasteiger partial charge >= 0.3 is 0 Å². The minimum atomic E-state index is 0.0342. The van der Waals surface area contributed by atoms with Crippen LogP contribution in [-0.4, -0.2) is 11.9 Å². The number of nitrogens with two attached hydrogens (primary N) is 1. The van der Waals surface area contributed by atoms with Gasteiger partial charge in [-0.3, -0.25) is 4.79 Å². The molecule has 0 spiro atoms. The fraction of sp³-hybridized carbons (Fsp3) is 0.350. The second kappa shape index (κ2) is 7.86. The van der Waals surface area contributed by atoms with E-state index in [4.69, 9.17) is 5.73 Å². The summed E-state index contributed by atoms with van der Waals surface area (Å²) >= 11 is 0. The summed E-state index contributed by atoms with van der Waals surface area (Å²) in [6.07, 6.45) is 5.94. The third-order valence-corrected chi connectivity index (χ3v) is 4.56. The summed E-state index contributed by atoms with van der Waals surface area (Å²) in [7, 11) is 0. The molecule has 4 heteroatoms. The molecule has 1 saturated carbocycles. The quantitative estimate of drug-likeness (QED) is 0.730. The molecule has 1 aliphatic rings. The van der Waals surface area contributed by atoms with Crippen LogP contribution in [0.5, 0.6) is 0 Å². The van der Waals surface area contributed by atoms with Crippen molar-refractivity contribution in [2.75, 3.05) is 11.1 Å². The number of hydrogen-bond donors (Lipinski definition) is 3. The maximum absolute atomic E-state index is 12.3. The van der Waals surface area contributed by atoms with E-state index in [1.807, 2.05) is 48.5 Å². The van der Waals surface area contributed by atoms with Crippen LogP contribution in [0, 0.1) is 0 Å². The molecule has 1 fully saturated rings. The molecule has 0 atom stereocenters. The van der Waals surface area contributed by atoms with Gasteiger partial charge in [-0.25, -0.2) is 0 Å². The van der Waals surface area contributed by atoms with Gasteiger partial charge in [0.25, 0.3) is 5.91 Å². The molecule has 2 aromatic rings. The first-order valence-corrected chi connectivity index (χ1v) is 8.70. The fourth-order valence-corrected chi connectivity index (χ4v) is 3.09. The number of nitrogens with one attached hydrogen (secondary N) is 2. The third-order valence-electron chi connectivity index (χ3n) is 4.56. The molecule has 0 unspecified atom stereocenters. The molecule has 0 aromatic heterocycles. The fourth-order valence-electron chi connectivity index (χ4n) is 3.09. The van der Waals surface area contributed by atoms with Crippen LogP contribution in [0.25, 0.3) is 0 Å². The van der Waals surface area contributed by atoms with Gasteiger partial charge < -0.3 is 16.4 Å². The normalized spacial score (nSPS) is 15.0. The molecule has 0 radical (unpaired) electrons. The third kappa shape index (κ3) is 4.51. The average molecular weight is 323 g/mol. The lowest BCUT2D eigenvalue weighted by Gasteiger charge is -2.22. The maximum atomic E-state index is 12.3. The monoisotopic (exact) mass is 323 g/mol. The summed E-state index contributed by atoms with van der Waals surface area (Å²) in [6, 6.07) is 15.8. The summed E-state index contributed by atoms with van der Waals surface area (Å²) in [5, 5.41) is 6.50. The summed E-state index contributed by atoms with van der Waals surface area (Å²) < 4.78 is 0. The SMILES string of the molecule is Nc1ccc(CNc2ccc(C(=O)NC3CCCCC3)cc2)cc1. The van der Waals surface area contributed by atoms with Crippen LogP contribution >= 0.6 is 0 Å². The van der Waals surface area contributed by atoms with Crippen molar-refractivity contribution in [3.05, 3.63) is 59.7 Å². The smallest absolute Gasteiger partial charge is 0.251 e. The van der Waals surface area contributed by atoms with E-state index in [0.29, 0.717) is 6.04 Å². The van der Waals surface area contributed by atoms with Crippen molar-refractivity contribution in [1.82, 2.24) is 5.32 Å². The van der Waals surface area contributed by atoms with Crippen LogP contribution in [-0.2, 0) is 6.54 Å². The van der Waals surface area contributed by atoms with Crippen molar-refractivity contribution in [1.29, 1.82) is 0 Å². The molecular formula is C20H25N3O. The van der Waals surface area contributed by atoms with E-state index >= 15 is 0 Å². The molecule has 0 saturated heterocycles. The van der Waals surface area contributed by atoms with Crippen molar-refractivity contribution in [3.8, 4) is 0 Å². The molecule has 4 nitrogen and oxygen atoms in total. The topological polar surface area (TPSA) is 67.1 Å². The van der Waals surface area contributed by atoms with Gasteiger partial charge in [-0.15, -0.1) is 0 Å². The molecule has 0 aliphatic heterocycles. The number of hydrogen-bond acceptors (Lipinski definition) is 3. The van der Waals surface area contributed by atoms with Gasteiger partial charge in [0.2, 0.25) is 0 Å². The lowest BCUT2D eigenvalue weighted by atomic mass is 9.95. The van der Waals surface area contributed by atoms with Crippen LogP contribution in [0.4, 0.5) is 11.4 Å². The highest BCUT2D eigenvalue weighted by Gasteiger charge is 2.16. The number of amides is 1. The Labute approximate surface area is 143 Å². The van der Waals surface area contributed by atoms with Crippen LogP contribution in [0.15, 0.2) is 48.5 Å². The highest BCUT2D eigenvalue weighted by atomic mass is 16.1. The molecule has 24 heavy (non-hydrogen) atoms. The predicted octanol–water partition coefficient (Wildman–Crippen LogP) is 3.94. The molecule has 2 aromatic carbocycles. The Bertz CT molecular complexity index is 658. The predicted molar refractivity (Wildman–Crippen MR) is 99.0 cm³/mol.